The minimum absolute atomic E-state index is 0.466. The predicted molar refractivity (Wildman–Crippen MR) is 93.9 cm³/mol. The molecule has 2 aromatic rings. The molecule has 16 nitrogen and oxygen atoms in total. The number of hydrogen-bond donors (Lipinski definition) is 2. The number of benzene rings is 2. The summed E-state index contributed by atoms with van der Waals surface area (Å²) in [4.78, 5) is 37.2. The molecule has 0 saturated heterocycles. The van der Waals surface area contributed by atoms with E-state index >= 15 is 0 Å². The van der Waals surface area contributed by atoms with Gasteiger partial charge < -0.3 is 21.7 Å². The van der Waals surface area contributed by atoms with Crippen LogP contribution in [0.4, 0.5) is 22.7 Å². The molecule has 0 aliphatic carbocycles. The topological polar surface area (TPSA) is 274 Å². The normalized spacial score (nSPS) is 9.27. The van der Waals surface area contributed by atoms with E-state index in [0.29, 0.717) is 12.1 Å². The van der Waals surface area contributed by atoms with Crippen molar-refractivity contribution < 1.29 is 41.4 Å². The van der Waals surface area contributed by atoms with E-state index in [9.17, 15) is 50.7 Å². The first kappa shape index (κ1) is 25.6. The molecule has 0 amide bonds. The number of nitrogens with zero attached hydrogens (tertiary/aromatic N) is 4. The molecule has 0 heterocycles. The van der Waals surface area contributed by atoms with Crippen LogP contribution in [0, 0.1) is 40.5 Å². The van der Waals surface area contributed by atoms with Gasteiger partial charge in [-0.2, -0.15) is 0 Å². The lowest BCUT2D eigenvalue weighted by molar-refractivity contribution is -0.453. The lowest BCUT2D eigenvalue weighted by Crippen LogP contribution is -2.64. The minimum atomic E-state index is -0.949. The third kappa shape index (κ3) is 8.06. The van der Waals surface area contributed by atoms with Crippen LogP contribution in [0.25, 0.3) is 0 Å². The summed E-state index contributed by atoms with van der Waals surface area (Å²) in [6.07, 6.45) is 0. The van der Waals surface area contributed by atoms with Crippen LogP contribution in [0.1, 0.15) is 0 Å². The lowest BCUT2D eigenvalue weighted by atomic mass is 10.2. The molecule has 0 unspecified atom stereocenters. The Hall–Kier alpha value is -4.44. The van der Waals surface area contributed by atoms with Gasteiger partial charge in [-0.05, 0) is 11.5 Å². The molecule has 2 aromatic carbocycles. The summed E-state index contributed by atoms with van der Waals surface area (Å²) < 4.78 is 0. The molecule has 0 radical (unpaired) electrons. The van der Waals surface area contributed by atoms with Crippen LogP contribution in [0.15, 0.2) is 36.4 Å². The summed E-state index contributed by atoms with van der Waals surface area (Å²) in [6.45, 7) is 1.92. The van der Waals surface area contributed by atoms with E-state index < -0.39 is 53.9 Å². The smallest absolute Gasteiger partial charge is 0.276 e. The van der Waals surface area contributed by atoms with Gasteiger partial charge in [0.2, 0.25) is 0 Å². The van der Waals surface area contributed by atoms with Crippen LogP contribution >= 0.6 is 0 Å². The molecule has 16 heteroatoms. The van der Waals surface area contributed by atoms with Crippen molar-refractivity contribution in [3.63, 3.8) is 0 Å². The maximum absolute atomic E-state index is 10.8. The third-order valence-corrected chi connectivity index (χ3v) is 2.95. The number of non-ortho nitro benzene ring substituents is 2. The van der Waals surface area contributed by atoms with Crippen molar-refractivity contribution in [2.45, 2.75) is 0 Å². The molecule has 0 saturated carbocycles. The van der Waals surface area contributed by atoms with Crippen molar-refractivity contribution in [1.29, 1.82) is 0 Å². The Morgan fingerprint density at radius 2 is 0.900 bits per heavy atom. The largest absolute Gasteiger partial charge is 0.868 e. The number of nitro benzene ring substituents is 4. The molecule has 0 fully saturated rings. The zero-order chi connectivity index (χ0) is 23.4. The Morgan fingerprint density at radius 1 is 0.600 bits per heavy atom. The summed E-state index contributed by atoms with van der Waals surface area (Å²) in [5, 5.41) is 62.2. The molecule has 0 aromatic heterocycles. The standard InChI is InChI=1S/2C6H4N2O5.C2H8N2/c2*9-6-2-1-4(7(10)11)3-5(6)8(12)13;3-1-2-4/h2*1-3,9H;1-4H2. The van der Waals surface area contributed by atoms with Crippen molar-refractivity contribution in [3.05, 3.63) is 76.9 Å². The third-order valence-electron chi connectivity index (χ3n) is 2.95. The maximum atomic E-state index is 10.8. The van der Waals surface area contributed by atoms with Crippen molar-refractivity contribution in [1.82, 2.24) is 0 Å². The fourth-order valence-electron chi connectivity index (χ4n) is 1.52. The summed E-state index contributed by atoms with van der Waals surface area (Å²) in [7, 11) is 0. The monoisotopic (exact) mass is 428 g/mol. The van der Waals surface area contributed by atoms with Crippen LogP contribution in [0.3, 0.4) is 0 Å². The minimum Gasteiger partial charge on any atom is -0.868 e. The van der Waals surface area contributed by atoms with Crippen molar-refractivity contribution >= 4 is 22.7 Å². The Balaban J connectivity index is 0.000000477. The maximum Gasteiger partial charge on any atom is 0.276 e. The van der Waals surface area contributed by atoms with Crippen LogP contribution in [0.2, 0.25) is 0 Å². The average molecular weight is 428 g/mol. The number of rotatable bonds is 5. The highest BCUT2D eigenvalue weighted by Gasteiger charge is 2.14. The van der Waals surface area contributed by atoms with Crippen molar-refractivity contribution in [3.8, 4) is 11.5 Å². The van der Waals surface area contributed by atoms with E-state index in [4.69, 9.17) is 0 Å². The van der Waals surface area contributed by atoms with Gasteiger partial charge in [-0.15, -0.1) is 0 Å². The Kier molecular flexibility index (Phi) is 10.3. The molecule has 2 rings (SSSR count). The zero-order valence-electron chi connectivity index (χ0n) is 15.2. The summed E-state index contributed by atoms with van der Waals surface area (Å²) >= 11 is 0. The molecule has 0 atom stereocenters. The van der Waals surface area contributed by atoms with E-state index in [1.165, 1.54) is 0 Å². The summed E-state index contributed by atoms with van der Waals surface area (Å²) in [5.74, 6) is -1.67. The predicted octanol–water partition coefficient (Wildman–Crippen LogP) is -1.38. The highest BCUT2D eigenvalue weighted by molar-refractivity contribution is 5.52. The van der Waals surface area contributed by atoms with Gasteiger partial charge in [-0.1, -0.05) is 12.1 Å². The van der Waals surface area contributed by atoms with Crippen molar-refractivity contribution in [2.24, 2.45) is 0 Å². The van der Waals surface area contributed by atoms with Crippen LogP contribution in [-0.2, 0) is 0 Å². The van der Waals surface area contributed by atoms with Gasteiger partial charge in [-0.3, -0.25) is 40.5 Å². The zero-order valence-corrected chi connectivity index (χ0v) is 15.2. The first-order chi connectivity index (χ1) is 14.0. The quantitative estimate of drug-likeness (QED) is 0.415. The Morgan fingerprint density at radius 3 is 1.10 bits per heavy atom. The van der Waals surface area contributed by atoms with E-state index in [1.54, 1.807) is 0 Å². The number of quaternary nitrogens is 2. The Bertz CT molecular complexity index is 860. The second-order valence-corrected chi connectivity index (χ2v) is 5.04. The summed E-state index contributed by atoms with van der Waals surface area (Å²) in [6, 6.07) is 4.74. The molecule has 0 aliphatic heterocycles. The number of hydrogen-bond acceptors (Lipinski definition) is 10. The lowest BCUT2D eigenvalue weighted by Gasteiger charge is -2.04. The van der Waals surface area contributed by atoms with Crippen LogP contribution < -0.4 is 21.7 Å². The van der Waals surface area contributed by atoms with Gasteiger partial charge in [0, 0.05) is 12.1 Å². The summed E-state index contributed by atoms with van der Waals surface area (Å²) in [5.41, 5.74) is 4.58. The van der Waals surface area contributed by atoms with Crippen LogP contribution in [-0.4, -0.2) is 32.8 Å². The average Bonchev–Trinajstić information content (AvgIpc) is 2.68. The number of nitro groups is 4. The molecule has 162 valence electrons. The van der Waals surface area contributed by atoms with Gasteiger partial charge >= 0.3 is 0 Å². The van der Waals surface area contributed by atoms with E-state index in [1.807, 2.05) is 0 Å². The van der Waals surface area contributed by atoms with E-state index in [2.05, 4.69) is 11.5 Å². The van der Waals surface area contributed by atoms with Crippen molar-refractivity contribution in [2.75, 3.05) is 13.1 Å². The highest BCUT2D eigenvalue weighted by Crippen LogP contribution is 2.28. The SMILES string of the molecule is O=[N+]([O-])c1ccc([O-])c([N+](=O)[O-])c1.O=[N+]([O-])c1ccc([O-])c([N+](=O)[O-])c1.[NH3+]CC[NH3+]. The molecule has 6 N–H and O–H groups in total. The molecule has 0 bridgehead atoms. The van der Waals surface area contributed by atoms with Crippen LogP contribution in [0.5, 0.6) is 11.5 Å². The molecular formula is C14H16N6O10. The fourth-order valence-corrected chi connectivity index (χ4v) is 1.52. The van der Waals surface area contributed by atoms with Gasteiger partial charge in [0.1, 0.15) is 13.1 Å². The van der Waals surface area contributed by atoms with E-state index in [0.717, 1.165) is 37.4 Å². The first-order valence-corrected chi connectivity index (χ1v) is 7.74. The fraction of sp³-hybridized carbons (Fsp3) is 0.143. The van der Waals surface area contributed by atoms with E-state index in [-0.39, 0.29) is 0 Å². The molecule has 0 aliphatic rings. The first-order valence-electron chi connectivity index (χ1n) is 7.74. The van der Waals surface area contributed by atoms with Gasteiger partial charge in [0.05, 0.1) is 31.8 Å². The second kappa shape index (κ2) is 12.1. The molecule has 30 heavy (non-hydrogen) atoms. The Labute approximate surface area is 166 Å². The van der Waals surface area contributed by atoms with Gasteiger partial charge in [0.25, 0.3) is 22.7 Å². The molecular weight excluding hydrogens is 412 g/mol. The second-order valence-electron chi connectivity index (χ2n) is 5.04. The molecule has 0 spiro atoms. The van der Waals surface area contributed by atoms with Gasteiger partial charge in [0.15, 0.2) is 0 Å². The van der Waals surface area contributed by atoms with Gasteiger partial charge in [-0.25, -0.2) is 0 Å². The highest BCUT2D eigenvalue weighted by atomic mass is 16.6.